The average Bonchev–Trinajstić information content (AvgIpc) is 3.52. The van der Waals surface area contributed by atoms with Crippen molar-refractivity contribution in [2.24, 2.45) is 0 Å². The van der Waals surface area contributed by atoms with Gasteiger partial charge in [-0.1, -0.05) is 19.9 Å². The van der Waals surface area contributed by atoms with Gasteiger partial charge in [0.2, 0.25) is 5.91 Å². The highest BCUT2D eigenvalue weighted by molar-refractivity contribution is 5.92. The summed E-state index contributed by atoms with van der Waals surface area (Å²) >= 11 is 0. The van der Waals surface area contributed by atoms with E-state index in [1.54, 1.807) is 11.2 Å². The maximum atomic E-state index is 12.6. The van der Waals surface area contributed by atoms with E-state index in [9.17, 15) is 9.90 Å². The lowest BCUT2D eigenvalue weighted by molar-refractivity contribution is -0.133. The van der Waals surface area contributed by atoms with Gasteiger partial charge >= 0.3 is 0 Å². The van der Waals surface area contributed by atoms with Crippen LogP contribution in [0.2, 0.25) is 0 Å². The number of rotatable bonds is 8. The summed E-state index contributed by atoms with van der Waals surface area (Å²) in [5.41, 5.74) is 8.14. The number of carbonyl (C=O) groups excluding carboxylic acids is 1. The number of nitrogens with one attached hydrogen (secondary N) is 1. The number of H-pyrrole nitrogens is 1. The number of aryl methyl sites for hydroxylation is 1. The van der Waals surface area contributed by atoms with E-state index in [-0.39, 0.29) is 12.5 Å². The van der Waals surface area contributed by atoms with Crippen molar-refractivity contribution in [3.63, 3.8) is 0 Å². The summed E-state index contributed by atoms with van der Waals surface area (Å²) < 4.78 is 1.85. The fourth-order valence-electron chi connectivity index (χ4n) is 5.84. The Hall–Kier alpha value is -3.23. The number of hydrogen-bond acceptors (Lipinski definition) is 5. The van der Waals surface area contributed by atoms with E-state index < -0.39 is 0 Å². The molecule has 2 N–H and O–H groups in total. The number of aromatic nitrogens is 4. The molecule has 1 aliphatic rings. The number of pyridine rings is 1. The Kier molecular flexibility index (Phi) is 7.31. The van der Waals surface area contributed by atoms with Crippen molar-refractivity contribution in [1.82, 2.24) is 29.4 Å². The molecule has 1 aliphatic heterocycles. The largest absolute Gasteiger partial charge is 0.395 e. The van der Waals surface area contributed by atoms with E-state index in [0.717, 1.165) is 53.9 Å². The molecule has 8 nitrogen and oxygen atoms in total. The Morgan fingerprint density at radius 3 is 2.73 bits per heavy atom. The number of likely N-dealkylation sites (tertiary alicyclic amines) is 1. The molecule has 1 amide bonds. The van der Waals surface area contributed by atoms with Crippen molar-refractivity contribution in [2.45, 2.75) is 52.4 Å². The predicted molar refractivity (Wildman–Crippen MR) is 147 cm³/mol. The first kappa shape index (κ1) is 25.4. The number of hydrogen-bond donors (Lipinski definition) is 2. The van der Waals surface area contributed by atoms with Crippen LogP contribution < -0.4 is 0 Å². The van der Waals surface area contributed by atoms with Crippen LogP contribution in [-0.4, -0.2) is 79.7 Å². The summed E-state index contributed by atoms with van der Waals surface area (Å²) in [6, 6.07) is 9.07. The summed E-state index contributed by atoms with van der Waals surface area (Å²) in [4.78, 5) is 24.7. The molecular formula is C29H38N6O2. The second-order valence-corrected chi connectivity index (χ2v) is 10.6. The summed E-state index contributed by atoms with van der Waals surface area (Å²) in [5.74, 6) is 0.957. The molecular weight excluding hydrogens is 464 g/mol. The Labute approximate surface area is 218 Å². The van der Waals surface area contributed by atoms with Gasteiger partial charge in [0.15, 0.2) is 5.65 Å². The number of aliphatic hydroxyl groups is 1. The van der Waals surface area contributed by atoms with Gasteiger partial charge in [0, 0.05) is 35.8 Å². The zero-order valence-electron chi connectivity index (χ0n) is 22.4. The minimum absolute atomic E-state index is 0.0119. The standard InChI is InChI=1S/C29H38N6O2/c1-5-34(12-13-36)26(37)17-33-10-8-21(9-11-33)22-6-7-25-24(15-22)27(19(2)3)28(32-25)23-14-20(4)29-30-18-31-35(29)16-23/h6-7,14-16,18-19,21,32,36H,5,8-13,17H2,1-4H3. The number of carbonyl (C=O) groups is 1. The van der Waals surface area contributed by atoms with Crippen LogP contribution >= 0.6 is 0 Å². The first-order chi connectivity index (χ1) is 17.9. The molecule has 4 heterocycles. The van der Waals surface area contributed by atoms with Gasteiger partial charge in [0.05, 0.1) is 18.8 Å². The molecule has 1 fully saturated rings. The van der Waals surface area contributed by atoms with Crippen molar-refractivity contribution < 1.29 is 9.90 Å². The van der Waals surface area contributed by atoms with Gasteiger partial charge in [0.1, 0.15) is 6.33 Å². The van der Waals surface area contributed by atoms with E-state index in [1.165, 1.54) is 16.5 Å². The Bertz CT molecular complexity index is 1400. The van der Waals surface area contributed by atoms with Gasteiger partial charge in [-0.05, 0) is 86.5 Å². The van der Waals surface area contributed by atoms with E-state index in [2.05, 4.69) is 71.2 Å². The Morgan fingerprint density at radius 2 is 2.03 bits per heavy atom. The average molecular weight is 503 g/mol. The highest BCUT2D eigenvalue weighted by Gasteiger charge is 2.25. The van der Waals surface area contributed by atoms with Crippen LogP contribution in [-0.2, 0) is 4.79 Å². The van der Waals surface area contributed by atoms with E-state index >= 15 is 0 Å². The number of benzene rings is 1. The van der Waals surface area contributed by atoms with E-state index in [0.29, 0.717) is 31.5 Å². The van der Waals surface area contributed by atoms with Crippen molar-refractivity contribution in [3.8, 4) is 11.3 Å². The lowest BCUT2D eigenvalue weighted by Gasteiger charge is -2.33. The molecule has 4 aromatic rings. The van der Waals surface area contributed by atoms with Gasteiger partial charge in [-0.15, -0.1) is 0 Å². The molecule has 1 saturated heterocycles. The summed E-state index contributed by atoms with van der Waals surface area (Å²) in [7, 11) is 0. The number of likely N-dealkylation sites (N-methyl/N-ethyl adjacent to an activating group) is 1. The lowest BCUT2D eigenvalue weighted by Crippen LogP contribution is -2.44. The minimum atomic E-state index is 0.0119. The molecule has 37 heavy (non-hydrogen) atoms. The maximum Gasteiger partial charge on any atom is 0.236 e. The fraction of sp³-hybridized carbons (Fsp3) is 0.483. The molecule has 3 aromatic heterocycles. The zero-order valence-corrected chi connectivity index (χ0v) is 22.4. The molecule has 0 spiro atoms. The van der Waals surface area contributed by atoms with Gasteiger partial charge in [0.25, 0.3) is 0 Å². The molecule has 0 aliphatic carbocycles. The molecule has 1 aromatic carbocycles. The van der Waals surface area contributed by atoms with Crippen LogP contribution in [0, 0.1) is 6.92 Å². The second kappa shape index (κ2) is 10.6. The van der Waals surface area contributed by atoms with Crippen molar-refractivity contribution in [2.75, 3.05) is 39.3 Å². The molecule has 0 unspecified atom stereocenters. The number of aromatic amines is 1. The zero-order chi connectivity index (χ0) is 26.1. The van der Waals surface area contributed by atoms with Gasteiger partial charge in [-0.3, -0.25) is 9.69 Å². The lowest BCUT2D eigenvalue weighted by atomic mass is 9.87. The first-order valence-corrected chi connectivity index (χ1v) is 13.5. The predicted octanol–water partition coefficient (Wildman–Crippen LogP) is 4.33. The second-order valence-electron chi connectivity index (χ2n) is 10.6. The van der Waals surface area contributed by atoms with Crippen LogP contribution in [0.4, 0.5) is 0 Å². The molecule has 0 atom stereocenters. The minimum Gasteiger partial charge on any atom is -0.395 e. The molecule has 196 valence electrons. The summed E-state index contributed by atoms with van der Waals surface area (Å²) in [6.07, 6.45) is 5.75. The number of piperidine rings is 1. The Balaban J connectivity index is 1.37. The van der Waals surface area contributed by atoms with E-state index in [1.807, 2.05) is 11.4 Å². The summed E-state index contributed by atoms with van der Waals surface area (Å²) in [5, 5.41) is 14.9. The van der Waals surface area contributed by atoms with E-state index in [4.69, 9.17) is 0 Å². The molecule has 0 radical (unpaired) electrons. The number of amides is 1. The third-order valence-electron chi connectivity index (χ3n) is 7.81. The van der Waals surface area contributed by atoms with Gasteiger partial charge < -0.3 is 15.0 Å². The van der Waals surface area contributed by atoms with Crippen LogP contribution in [0.1, 0.15) is 62.1 Å². The molecule has 5 rings (SSSR count). The first-order valence-electron chi connectivity index (χ1n) is 13.5. The normalized spacial score (nSPS) is 15.3. The van der Waals surface area contributed by atoms with Crippen LogP contribution in [0.3, 0.4) is 0 Å². The third kappa shape index (κ3) is 5.00. The SMILES string of the molecule is CCN(CCO)C(=O)CN1CCC(c2ccc3[nH]c(-c4cc(C)c5ncnn5c4)c(C(C)C)c3c2)CC1. The molecule has 0 saturated carbocycles. The maximum absolute atomic E-state index is 12.6. The monoisotopic (exact) mass is 502 g/mol. The number of fused-ring (bicyclic) bond motifs is 2. The number of aliphatic hydroxyl groups excluding tert-OH is 1. The van der Waals surface area contributed by atoms with Crippen LogP contribution in [0.15, 0.2) is 36.8 Å². The van der Waals surface area contributed by atoms with Crippen molar-refractivity contribution in [3.05, 3.63) is 53.5 Å². The highest BCUT2D eigenvalue weighted by Crippen LogP contribution is 2.38. The van der Waals surface area contributed by atoms with Crippen molar-refractivity contribution in [1.29, 1.82) is 0 Å². The topological polar surface area (TPSA) is 89.8 Å². The summed E-state index contributed by atoms with van der Waals surface area (Å²) in [6.45, 7) is 11.9. The highest BCUT2D eigenvalue weighted by atomic mass is 16.3. The van der Waals surface area contributed by atoms with Gasteiger partial charge in [-0.2, -0.15) is 5.10 Å². The Morgan fingerprint density at radius 1 is 1.24 bits per heavy atom. The number of nitrogens with zero attached hydrogens (tertiary/aromatic N) is 5. The molecule has 8 heteroatoms. The van der Waals surface area contributed by atoms with Crippen LogP contribution in [0.5, 0.6) is 0 Å². The van der Waals surface area contributed by atoms with Crippen LogP contribution in [0.25, 0.3) is 27.8 Å². The quantitative estimate of drug-likeness (QED) is 0.374. The van der Waals surface area contributed by atoms with Crippen molar-refractivity contribution >= 4 is 22.5 Å². The van der Waals surface area contributed by atoms with Gasteiger partial charge in [-0.25, -0.2) is 9.50 Å². The smallest absolute Gasteiger partial charge is 0.236 e. The fourth-order valence-corrected chi connectivity index (χ4v) is 5.84. The third-order valence-corrected chi connectivity index (χ3v) is 7.81. The molecule has 0 bridgehead atoms.